The van der Waals surface area contributed by atoms with Crippen LogP contribution in [-0.4, -0.2) is 26.5 Å². The minimum absolute atomic E-state index is 0.595. The summed E-state index contributed by atoms with van der Waals surface area (Å²) in [7, 11) is 1.51. The third kappa shape index (κ3) is 1.79. The number of oxime groups is 1. The predicted molar refractivity (Wildman–Crippen MR) is 52.0 cm³/mol. The highest BCUT2D eigenvalue weighted by Crippen LogP contribution is 2.30. The molecule has 1 aromatic rings. The van der Waals surface area contributed by atoms with Crippen molar-refractivity contribution in [2.75, 3.05) is 20.3 Å². The highest BCUT2D eigenvalue weighted by Gasteiger charge is 2.10. The van der Waals surface area contributed by atoms with Gasteiger partial charge in [-0.3, -0.25) is 0 Å². The third-order valence-electron chi connectivity index (χ3n) is 1.87. The Balaban J connectivity index is 2.24. The molecule has 0 atom stereocenters. The Hall–Kier alpha value is -1.71. The molecule has 0 aromatic heterocycles. The Morgan fingerprint density at radius 2 is 2.07 bits per heavy atom. The van der Waals surface area contributed by atoms with E-state index in [4.69, 9.17) is 9.47 Å². The maximum atomic E-state index is 5.42. The van der Waals surface area contributed by atoms with Crippen molar-refractivity contribution in [2.24, 2.45) is 5.16 Å². The molecular weight excluding hydrogens is 182 g/mol. The topological polar surface area (TPSA) is 40.0 Å². The lowest BCUT2D eigenvalue weighted by molar-refractivity contribution is 0.171. The maximum Gasteiger partial charge on any atom is 0.162 e. The Kier molecular flexibility index (Phi) is 2.53. The predicted octanol–water partition coefficient (Wildman–Crippen LogP) is 1.44. The van der Waals surface area contributed by atoms with Crippen LogP contribution in [0.2, 0.25) is 0 Å². The molecule has 0 saturated carbocycles. The molecule has 0 unspecified atom stereocenters. The lowest BCUT2D eigenvalue weighted by atomic mass is 10.2. The monoisotopic (exact) mass is 193 g/mol. The summed E-state index contributed by atoms with van der Waals surface area (Å²) in [6.45, 7) is 1.20. The summed E-state index contributed by atoms with van der Waals surface area (Å²) in [6, 6.07) is 5.64. The smallest absolute Gasteiger partial charge is 0.162 e. The molecule has 4 nitrogen and oxygen atoms in total. The van der Waals surface area contributed by atoms with E-state index in [0.717, 1.165) is 17.1 Å². The highest BCUT2D eigenvalue weighted by atomic mass is 16.6. The van der Waals surface area contributed by atoms with Gasteiger partial charge < -0.3 is 14.3 Å². The standard InChI is InChI=1S/C10H11NO3/c1-12-11-7-8-2-3-9-10(6-8)14-5-4-13-9/h2-3,6-7H,4-5H2,1H3. The van der Waals surface area contributed by atoms with Gasteiger partial charge in [0.05, 0.1) is 6.21 Å². The molecule has 0 saturated heterocycles. The molecule has 1 heterocycles. The first kappa shape index (κ1) is 8.87. The van der Waals surface area contributed by atoms with Gasteiger partial charge in [-0.05, 0) is 18.2 Å². The Labute approximate surface area is 82.1 Å². The molecule has 0 fully saturated rings. The highest BCUT2D eigenvalue weighted by molar-refractivity contribution is 5.80. The van der Waals surface area contributed by atoms with Crippen LogP contribution in [0, 0.1) is 0 Å². The van der Waals surface area contributed by atoms with Crippen molar-refractivity contribution < 1.29 is 14.3 Å². The van der Waals surface area contributed by atoms with Gasteiger partial charge in [0.2, 0.25) is 0 Å². The van der Waals surface area contributed by atoms with Crippen LogP contribution >= 0.6 is 0 Å². The van der Waals surface area contributed by atoms with E-state index in [1.165, 1.54) is 7.11 Å². The van der Waals surface area contributed by atoms with E-state index >= 15 is 0 Å². The maximum absolute atomic E-state index is 5.42. The van der Waals surface area contributed by atoms with Crippen LogP contribution < -0.4 is 9.47 Å². The molecule has 0 N–H and O–H groups in total. The number of nitrogens with zero attached hydrogens (tertiary/aromatic N) is 1. The van der Waals surface area contributed by atoms with Gasteiger partial charge >= 0.3 is 0 Å². The molecule has 0 spiro atoms. The van der Waals surface area contributed by atoms with Crippen LogP contribution in [0.25, 0.3) is 0 Å². The summed E-state index contributed by atoms with van der Waals surface area (Å²) in [5.74, 6) is 1.54. The molecule has 0 radical (unpaired) electrons. The zero-order valence-corrected chi connectivity index (χ0v) is 7.90. The van der Waals surface area contributed by atoms with E-state index in [1.54, 1.807) is 6.21 Å². The van der Waals surface area contributed by atoms with Crippen LogP contribution in [0.5, 0.6) is 11.5 Å². The Morgan fingerprint density at radius 1 is 1.29 bits per heavy atom. The third-order valence-corrected chi connectivity index (χ3v) is 1.87. The molecule has 1 aliphatic rings. The SMILES string of the molecule is CON=Cc1ccc2c(c1)OCCO2. The van der Waals surface area contributed by atoms with Gasteiger partial charge in [-0.1, -0.05) is 5.16 Å². The van der Waals surface area contributed by atoms with E-state index in [0.29, 0.717) is 13.2 Å². The average Bonchev–Trinajstić information content (AvgIpc) is 2.26. The van der Waals surface area contributed by atoms with Gasteiger partial charge in [-0.15, -0.1) is 0 Å². The minimum atomic E-state index is 0.595. The van der Waals surface area contributed by atoms with Crippen molar-refractivity contribution in [3.63, 3.8) is 0 Å². The average molecular weight is 193 g/mol. The molecule has 0 aliphatic carbocycles. The molecule has 0 amide bonds. The summed E-state index contributed by atoms with van der Waals surface area (Å²) in [5, 5.41) is 3.67. The molecule has 1 aromatic carbocycles. The summed E-state index contributed by atoms with van der Waals surface area (Å²) in [4.78, 5) is 4.59. The molecule has 74 valence electrons. The fraction of sp³-hybridized carbons (Fsp3) is 0.300. The normalized spacial score (nSPS) is 14.4. The second kappa shape index (κ2) is 4.00. The van der Waals surface area contributed by atoms with Crippen molar-refractivity contribution in [3.8, 4) is 11.5 Å². The van der Waals surface area contributed by atoms with Gasteiger partial charge in [0.25, 0.3) is 0 Å². The first-order valence-electron chi connectivity index (χ1n) is 4.36. The Bertz CT molecular complexity index is 349. The second-order valence-corrected chi connectivity index (χ2v) is 2.82. The minimum Gasteiger partial charge on any atom is -0.486 e. The lowest BCUT2D eigenvalue weighted by Gasteiger charge is -2.18. The molecule has 0 bridgehead atoms. The van der Waals surface area contributed by atoms with Gasteiger partial charge in [-0.2, -0.15) is 0 Å². The van der Waals surface area contributed by atoms with Crippen molar-refractivity contribution in [3.05, 3.63) is 23.8 Å². The number of fused-ring (bicyclic) bond motifs is 1. The molecule has 2 rings (SSSR count). The molecule has 14 heavy (non-hydrogen) atoms. The largest absolute Gasteiger partial charge is 0.486 e. The number of hydrogen-bond donors (Lipinski definition) is 0. The number of rotatable bonds is 2. The van der Waals surface area contributed by atoms with Gasteiger partial charge in [-0.25, -0.2) is 0 Å². The quantitative estimate of drug-likeness (QED) is 0.527. The molecular formula is C10H11NO3. The molecule has 4 heteroatoms. The van der Waals surface area contributed by atoms with Gasteiger partial charge in [0.15, 0.2) is 11.5 Å². The van der Waals surface area contributed by atoms with Crippen LogP contribution in [-0.2, 0) is 4.84 Å². The number of benzene rings is 1. The number of hydrogen-bond acceptors (Lipinski definition) is 4. The summed E-state index contributed by atoms with van der Waals surface area (Å²) in [6.07, 6.45) is 1.62. The second-order valence-electron chi connectivity index (χ2n) is 2.82. The fourth-order valence-corrected chi connectivity index (χ4v) is 1.25. The Morgan fingerprint density at radius 3 is 2.86 bits per heavy atom. The van der Waals surface area contributed by atoms with E-state index in [-0.39, 0.29) is 0 Å². The van der Waals surface area contributed by atoms with Crippen LogP contribution in [0.3, 0.4) is 0 Å². The first-order chi connectivity index (χ1) is 6.90. The van der Waals surface area contributed by atoms with E-state index in [2.05, 4.69) is 9.99 Å². The van der Waals surface area contributed by atoms with E-state index in [1.807, 2.05) is 18.2 Å². The van der Waals surface area contributed by atoms with Crippen LogP contribution in [0.4, 0.5) is 0 Å². The van der Waals surface area contributed by atoms with Gasteiger partial charge in [0.1, 0.15) is 20.3 Å². The van der Waals surface area contributed by atoms with Crippen molar-refractivity contribution in [1.82, 2.24) is 0 Å². The fourth-order valence-electron chi connectivity index (χ4n) is 1.25. The molecule has 1 aliphatic heterocycles. The van der Waals surface area contributed by atoms with Crippen LogP contribution in [0.1, 0.15) is 5.56 Å². The first-order valence-corrected chi connectivity index (χ1v) is 4.36. The van der Waals surface area contributed by atoms with Crippen molar-refractivity contribution >= 4 is 6.21 Å². The van der Waals surface area contributed by atoms with E-state index in [9.17, 15) is 0 Å². The van der Waals surface area contributed by atoms with E-state index < -0.39 is 0 Å². The summed E-state index contributed by atoms with van der Waals surface area (Å²) < 4.78 is 10.8. The van der Waals surface area contributed by atoms with Crippen molar-refractivity contribution in [2.45, 2.75) is 0 Å². The summed E-state index contributed by atoms with van der Waals surface area (Å²) >= 11 is 0. The summed E-state index contributed by atoms with van der Waals surface area (Å²) in [5.41, 5.74) is 0.927. The number of ether oxygens (including phenoxy) is 2. The zero-order chi connectivity index (χ0) is 9.80. The lowest BCUT2D eigenvalue weighted by Crippen LogP contribution is -2.15. The van der Waals surface area contributed by atoms with Crippen molar-refractivity contribution in [1.29, 1.82) is 0 Å². The zero-order valence-electron chi connectivity index (χ0n) is 7.90. The van der Waals surface area contributed by atoms with Gasteiger partial charge in [0, 0.05) is 5.56 Å². The van der Waals surface area contributed by atoms with Crippen LogP contribution in [0.15, 0.2) is 23.4 Å².